The van der Waals surface area contributed by atoms with Crippen molar-refractivity contribution in [3.05, 3.63) is 0 Å². The zero-order valence-electron chi connectivity index (χ0n) is 11.0. The van der Waals surface area contributed by atoms with Gasteiger partial charge in [0.05, 0.1) is 0 Å². The Morgan fingerprint density at radius 3 is 2.24 bits per heavy atom. The number of aliphatic carboxylic acids is 1. The van der Waals surface area contributed by atoms with E-state index in [-0.39, 0.29) is 5.92 Å². The van der Waals surface area contributed by atoms with Crippen molar-refractivity contribution < 1.29 is 9.90 Å². The van der Waals surface area contributed by atoms with Crippen molar-refractivity contribution in [2.24, 2.45) is 5.92 Å². The Morgan fingerprint density at radius 2 is 1.82 bits per heavy atom. The molecule has 3 atom stereocenters. The van der Waals surface area contributed by atoms with Crippen LogP contribution in [-0.4, -0.2) is 47.2 Å². The summed E-state index contributed by atoms with van der Waals surface area (Å²) in [6.07, 6.45) is 4.75. The Morgan fingerprint density at radius 1 is 1.29 bits per heavy atom. The molecule has 2 heterocycles. The maximum atomic E-state index is 11.2. The van der Waals surface area contributed by atoms with Crippen LogP contribution in [0.5, 0.6) is 0 Å². The van der Waals surface area contributed by atoms with E-state index in [0.29, 0.717) is 18.1 Å². The molecule has 2 rings (SSSR count). The Hall–Kier alpha value is -0.610. The fourth-order valence-corrected chi connectivity index (χ4v) is 3.35. The number of nitrogens with zero attached hydrogens (tertiary/aromatic N) is 1. The number of carboxylic acid groups (broad SMARTS) is 1. The Labute approximate surface area is 103 Å². The summed E-state index contributed by atoms with van der Waals surface area (Å²) >= 11 is 0. The van der Waals surface area contributed by atoms with E-state index >= 15 is 0 Å². The Bertz CT molecular complexity index is 279. The molecule has 4 heteroatoms. The lowest BCUT2D eigenvalue weighted by atomic mass is 9.95. The highest BCUT2D eigenvalue weighted by Gasteiger charge is 2.39. The van der Waals surface area contributed by atoms with Gasteiger partial charge in [-0.1, -0.05) is 13.8 Å². The number of fused-ring (bicyclic) bond motifs is 2. The summed E-state index contributed by atoms with van der Waals surface area (Å²) in [6, 6.07) is 1.30. The predicted molar refractivity (Wildman–Crippen MR) is 67.0 cm³/mol. The fraction of sp³-hybridized carbons (Fsp3) is 0.923. The SMILES string of the molecule is CC(C)C(NC1CC2CCC(C1)N2C)C(=O)O. The van der Waals surface area contributed by atoms with Gasteiger partial charge in [0.2, 0.25) is 0 Å². The largest absolute Gasteiger partial charge is 0.480 e. The summed E-state index contributed by atoms with van der Waals surface area (Å²) in [7, 11) is 2.20. The van der Waals surface area contributed by atoms with Crippen molar-refractivity contribution in [2.45, 2.75) is 63.7 Å². The molecule has 98 valence electrons. The molecule has 2 saturated heterocycles. The van der Waals surface area contributed by atoms with Crippen molar-refractivity contribution in [1.82, 2.24) is 10.2 Å². The zero-order chi connectivity index (χ0) is 12.6. The van der Waals surface area contributed by atoms with Gasteiger partial charge in [0.25, 0.3) is 0 Å². The molecular formula is C13H24N2O2. The van der Waals surface area contributed by atoms with Crippen molar-refractivity contribution in [2.75, 3.05) is 7.05 Å². The van der Waals surface area contributed by atoms with Crippen molar-refractivity contribution in [3.8, 4) is 0 Å². The lowest BCUT2D eigenvalue weighted by Crippen LogP contribution is -2.53. The Kier molecular flexibility index (Phi) is 3.73. The average molecular weight is 240 g/mol. The molecule has 2 N–H and O–H groups in total. The summed E-state index contributed by atoms with van der Waals surface area (Å²) in [6.45, 7) is 3.94. The number of carbonyl (C=O) groups is 1. The first kappa shape index (κ1) is 12.8. The molecule has 17 heavy (non-hydrogen) atoms. The van der Waals surface area contributed by atoms with Crippen molar-refractivity contribution >= 4 is 5.97 Å². The van der Waals surface area contributed by atoms with Crippen LogP contribution in [0.4, 0.5) is 0 Å². The summed E-state index contributed by atoms with van der Waals surface area (Å²) in [4.78, 5) is 13.7. The second-order valence-electron chi connectivity index (χ2n) is 5.95. The molecule has 0 amide bonds. The van der Waals surface area contributed by atoms with Crippen LogP contribution in [0, 0.1) is 5.92 Å². The van der Waals surface area contributed by atoms with Gasteiger partial charge < -0.3 is 15.3 Å². The number of rotatable bonds is 4. The van der Waals surface area contributed by atoms with Crippen LogP contribution in [0.3, 0.4) is 0 Å². The molecule has 3 unspecified atom stereocenters. The lowest BCUT2D eigenvalue weighted by molar-refractivity contribution is -0.141. The number of piperidine rings is 1. The predicted octanol–water partition coefficient (Wildman–Crippen LogP) is 1.31. The number of nitrogens with one attached hydrogen (secondary N) is 1. The second kappa shape index (κ2) is 4.94. The number of carboxylic acids is 1. The molecule has 0 aromatic rings. The molecule has 2 fully saturated rings. The van der Waals surface area contributed by atoms with E-state index in [1.807, 2.05) is 13.8 Å². The third-order valence-electron chi connectivity index (χ3n) is 4.45. The van der Waals surface area contributed by atoms with Gasteiger partial charge in [-0.2, -0.15) is 0 Å². The van der Waals surface area contributed by atoms with E-state index in [1.165, 1.54) is 12.8 Å². The maximum Gasteiger partial charge on any atom is 0.320 e. The molecule has 0 saturated carbocycles. The van der Waals surface area contributed by atoms with Gasteiger partial charge in [-0.05, 0) is 38.6 Å². The van der Waals surface area contributed by atoms with Crippen LogP contribution >= 0.6 is 0 Å². The van der Waals surface area contributed by atoms with E-state index in [2.05, 4.69) is 17.3 Å². The maximum absolute atomic E-state index is 11.2. The van der Waals surface area contributed by atoms with Crippen molar-refractivity contribution in [1.29, 1.82) is 0 Å². The van der Waals surface area contributed by atoms with E-state index in [9.17, 15) is 9.90 Å². The topological polar surface area (TPSA) is 52.6 Å². The van der Waals surface area contributed by atoms with Gasteiger partial charge in [0.15, 0.2) is 0 Å². The Balaban J connectivity index is 1.94. The molecular weight excluding hydrogens is 216 g/mol. The third-order valence-corrected chi connectivity index (χ3v) is 4.45. The molecule has 0 aromatic heterocycles. The summed E-state index contributed by atoms with van der Waals surface area (Å²) in [5.74, 6) is -0.573. The van der Waals surface area contributed by atoms with Crippen LogP contribution in [-0.2, 0) is 4.79 Å². The average Bonchev–Trinajstić information content (AvgIpc) is 2.51. The van der Waals surface area contributed by atoms with Gasteiger partial charge >= 0.3 is 5.97 Å². The van der Waals surface area contributed by atoms with Crippen LogP contribution in [0.15, 0.2) is 0 Å². The molecule has 2 aliphatic rings. The van der Waals surface area contributed by atoms with Crippen LogP contribution in [0.25, 0.3) is 0 Å². The molecule has 2 bridgehead atoms. The highest BCUT2D eigenvalue weighted by molar-refractivity contribution is 5.73. The van der Waals surface area contributed by atoms with Crippen LogP contribution in [0.2, 0.25) is 0 Å². The van der Waals surface area contributed by atoms with Crippen molar-refractivity contribution in [3.63, 3.8) is 0 Å². The minimum absolute atomic E-state index is 0.143. The second-order valence-corrected chi connectivity index (χ2v) is 5.95. The molecule has 0 aliphatic carbocycles. The minimum atomic E-state index is -0.716. The quantitative estimate of drug-likeness (QED) is 0.778. The minimum Gasteiger partial charge on any atom is -0.480 e. The third kappa shape index (κ3) is 2.63. The smallest absolute Gasteiger partial charge is 0.320 e. The highest BCUT2D eigenvalue weighted by Crippen LogP contribution is 2.34. The van der Waals surface area contributed by atoms with Gasteiger partial charge in [-0.15, -0.1) is 0 Å². The number of hydrogen-bond donors (Lipinski definition) is 2. The van der Waals surface area contributed by atoms with E-state index < -0.39 is 12.0 Å². The first-order valence-electron chi connectivity index (χ1n) is 6.69. The monoisotopic (exact) mass is 240 g/mol. The van der Waals surface area contributed by atoms with E-state index in [0.717, 1.165) is 12.8 Å². The first-order valence-corrected chi connectivity index (χ1v) is 6.69. The highest BCUT2D eigenvalue weighted by atomic mass is 16.4. The summed E-state index contributed by atoms with van der Waals surface area (Å²) in [5.41, 5.74) is 0. The van der Waals surface area contributed by atoms with Crippen LogP contribution < -0.4 is 5.32 Å². The molecule has 0 spiro atoms. The lowest BCUT2D eigenvalue weighted by Gasteiger charge is -2.38. The molecule has 0 radical (unpaired) electrons. The normalized spacial score (nSPS) is 35.2. The number of hydrogen-bond acceptors (Lipinski definition) is 3. The summed E-state index contributed by atoms with van der Waals surface area (Å²) in [5, 5.41) is 12.6. The van der Waals surface area contributed by atoms with Gasteiger partial charge in [0, 0.05) is 18.1 Å². The first-order chi connectivity index (χ1) is 7.99. The van der Waals surface area contributed by atoms with Crippen LogP contribution in [0.1, 0.15) is 39.5 Å². The van der Waals surface area contributed by atoms with Gasteiger partial charge in [-0.25, -0.2) is 0 Å². The van der Waals surface area contributed by atoms with E-state index in [1.54, 1.807) is 0 Å². The molecule has 4 nitrogen and oxygen atoms in total. The fourth-order valence-electron chi connectivity index (χ4n) is 3.35. The van der Waals surface area contributed by atoms with E-state index in [4.69, 9.17) is 0 Å². The zero-order valence-corrected chi connectivity index (χ0v) is 11.0. The molecule has 2 aliphatic heterocycles. The standard InChI is InChI=1S/C13H24N2O2/c1-8(2)12(13(16)17)14-9-6-10-4-5-11(7-9)15(10)3/h8-12,14H,4-7H2,1-3H3,(H,16,17). The van der Waals surface area contributed by atoms with Gasteiger partial charge in [-0.3, -0.25) is 4.79 Å². The van der Waals surface area contributed by atoms with Gasteiger partial charge in [0.1, 0.15) is 6.04 Å². The molecule has 0 aromatic carbocycles. The summed E-state index contributed by atoms with van der Waals surface area (Å²) < 4.78 is 0.